The second kappa shape index (κ2) is 14.7. The summed E-state index contributed by atoms with van der Waals surface area (Å²) in [4.78, 5) is 18.2. The first-order chi connectivity index (χ1) is 19.0. The van der Waals surface area contributed by atoms with E-state index < -0.39 is 0 Å². The highest BCUT2D eigenvalue weighted by Gasteiger charge is 2.24. The molecule has 1 atom stereocenters. The molecule has 0 radical (unpaired) electrons. The molecule has 0 aromatic heterocycles. The predicted octanol–water partition coefficient (Wildman–Crippen LogP) is 6.95. The Kier molecular flexibility index (Phi) is 11.1. The van der Waals surface area contributed by atoms with Gasteiger partial charge in [-0.1, -0.05) is 50.8 Å². The molecule has 1 aliphatic carbocycles. The van der Waals surface area contributed by atoms with Crippen LogP contribution in [-0.4, -0.2) is 74.4 Å². The van der Waals surface area contributed by atoms with Gasteiger partial charge in [-0.3, -0.25) is 9.98 Å². The number of hydrogen-bond donors (Lipinski definition) is 0. The summed E-state index contributed by atoms with van der Waals surface area (Å²) in [6.07, 6.45) is 13.3. The van der Waals surface area contributed by atoms with Crippen molar-refractivity contribution in [2.75, 3.05) is 46.3 Å². The van der Waals surface area contributed by atoms with Gasteiger partial charge < -0.3 is 9.80 Å². The third kappa shape index (κ3) is 8.48. The van der Waals surface area contributed by atoms with E-state index in [0.29, 0.717) is 11.8 Å². The first kappa shape index (κ1) is 29.5. The minimum atomic E-state index is 0.356. The molecule has 5 heteroatoms. The molecule has 3 aliphatic rings. The van der Waals surface area contributed by atoms with E-state index in [1.54, 1.807) is 0 Å². The summed E-state index contributed by atoms with van der Waals surface area (Å²) >= 11 is 0. The van der Waals surface area contributed by atoms with Gasteiger partial charge in [0, 0.05) is 62.8 Å². The molecule has 1 aromatic carbocycles. The molecular formula is C34H51N5. The lowest BCUT2D eigenvalue weighted by Crippen LogP contribution is -2.35. The van der Waals surface area contributed by atoms with Gasteiger partial charge in [-0.15, -0.1) is 0 Å². The number of allylic oxidation sites excluding steroid dienone is 3. The summed E-state index contributed by atoms with van der Waals surface area (Å²) < 4.78 is 0. The topological polar surface area (TPSA) is 43.6 Å². The van der Waals surface area contributed by atoms with Crippen molar-refractivity contribution in [2.24, 2.45) is 32.7 Å². The van der Waals surface area contributed by atoms with E-state index >= 15 is 0 Å². The highest BCUT2D eigenvalue weighted by molar-refractivity contribution is 5.87. The maximum Gasteiger partial charge on any atom is 0.125 e. The van der Waals surface area contributed by atoms with Gasteiger partial charge >= 0.3 is 0 Å². The second-order valence-corrected chi connectivity index (χ2v) is 12.0. The lowest BCUT2D eigenvalue weighted by Gasteiger charge is -2.36. The van der Waals surface area contributed by atoms with E-state index in [0.717, 1.165) is 63.6 Å². The van der Waals surface area contributed by atoms with Crippen LogP contribution < -0.4 is 0 Å². The quantitative estimate of drug-likeness (QED) is 0.243. The van der Waals surface area contributed by atoms with E-state index in [2.05, 4.69) is 82.3 Å². The first-order valence-corrected chi connectivity index (χ1v) is 15.4. The van der Waals surface area contributed by atoms with E-state index in [4.69, 9.17) is 0 Å². The van der Waals surface area contributed by atoms with Gasteiger partial charge in [0.1, 0.15) is 5.84 Å². The van der Waals surface area contributed by atoms with Gasteiger partial charge in [-0.05, 0) is 87.4 Å². The van der Waals surface area contributed by atoms with Crippen LogP contribution in [0.2, 0.25) is 0 Å². The summed E-state index contributed by atoms with van der Waals surface area (Å²) in [7, 11) is 1.92. The number of nitrogens with zero attached hydrogens (tertiary/aromatic N) is 5. The Hall–Kier alpha value is -2.53. The molecular weight excluding hydrogens is 478 g/mol. The van der Waals surface area contributed by atoms with Gasteiger partial charge in [0.05, 0.1) is 6.54 Å². The fourth-order valence-corrected chi connectivity index (χ4v) is 6.41. The molecule has 2 heterocycles. The summed E-state index contributed by atoms with van der Waals surface area (Å²) in [5, 5.41) is 0. The Bertz CT molecular complexity index is 1030. The van der Waals surface area contributed by atoms with Crippen molar-refractivity contribution in [2.45, 2.75) is 71.6 Å². The maximum atomic E-state index is 4.64. The average Bonchev–Trinajstić information content (AvgIpc) is 2.99. The predicted molar refractivity (Wildman–Crippen MR) is 169 cm³/mol. The molecule has 2 saturated heterocycles. The van der Waals surface area contributed by atoms with Crippen LogP contribution in [0.15, 0.2) is 57.6 Å². The van der Waals surface area contributed by atoms with Crippen molar-refractivity contribution in [1.29, 1.82) is 0 Å². The molecule has 0 amide bonds. The lowest BCUT2D eigenvalue weighted by atomic mass is 9.84. The Morgan fingerprint density at radius 2 is 1.72 bits per heavy atom. The molecule has 2 fully saturated rings. The number of likely N-dealkylation sites (tertiary alicyclic amines) is 2. The number of aliphatic imine (C=N–C) groups is 3. The minimum Gasteiger partial charge on any atom is -0.374 e. The van der Waals surface area contributed by atoms with Crippen LogP contribution in [0.1, 0.15) is 76.3 Å². The summed E-state index contributed by atoms with van der Waals surface area (Å²) in [6.45, 7) is 18.8. The zero-order valence-corrected chi connectivity index (χ0v) is 24.9. The van der Waals surface area contributed by atoms with Crippen LogP contribution in [-0.2, 0) is 6.42 Å². The zero-order valence-electron chi connectivity index (χ0n) is 24.9. The van der Waals surface area contributed by atoms with Gasteiger partial charge in [0.2, 0.25) is 0 Å². The van der Waals surface area contributed by atoms with Crippen LogP contribution >= 0.6 is 0 Å². The minimum absolute atomic E-state index is 0.356. The third-order valence-corrected chi connectivity index (χ3v) is 9.19. The van der Waals surface area contributed by atoms with Crippen LogP contribution in [0.5, 0.6) is 0 Å². The van der Waals surface area contributed by atoms with Crippen LogP contribution in [0.4, 0.5) is 0 Å². The van der Waals surface area contributed by atoms with Gasteiger partial charge in [-0.2, -0.15) is 0 Å². The second-order valence-electron chi connectivity index (χ2n) is 12.0. The molecule has 0 spiro atoms. The largest absolute Gasteiger partial charge is 0.374 e. The van der Waals surface area contributed by atoms with Crippen molar-refractivity contribution in [3.63, 3.8) is 0 Å². The molecule has 1 aromatic rings. The number of piperidine rings is 2. The molecule has 2 aliphatic heterocycles. The first-order valence-electron chi connectivity index (χ1n) is 15.4. The smallest absolute Gasteiger partial charge is 0.125 e. The van der Waals surface area contributed by atoms with E-state index in [-0.39, 0.29) is 0 Å². The average molecular weight is 530 g/mol. The van der Waals surface area contributed by atoms with Crippen LogP contribution in [0, 0.1) is 17.8 Å². The molecule has 212 valence electrons. The number of benzene rings is 1. The monoisotopic (exact) mass is 529 g/mol. The van der Waals surface area contributed by atoms with Gasteiger partial charge in [0.25, 0.3) is 0 Å². The van der Waals surface area contributed by atoms with E-state index in [9.17, 15) is 0 Å². The van der Waals surface area contributed by atoms with Crippen molar-refractivity contribution in [3.8, 4) is 0 Å². The molecule has 0 bridgehead atoms. The summed E-state index contributed by atoms with van der Waals surface area (Å²) in [5.74, 6) is 2.68. The Morgan fingerprint density at radius 3 is 2.31 bits per heavy atom. The van der Waals surface area contributed by atoms with Crippen molar-refractivity contribution < 1.29 is 0 Å². The normalized spacial score (nSPS) is 21.7. The molecule has 0 saturated carbocycles. The van der Waals surface area contributed by atoms with Crippen molar-refractivity contribution >= 4 is 23.8 Å². The number of hydrogen-bond acceptors (Lipinski definition) is 4. The van der Waals surface area contributed by atoms with Gasteiger partial charge in [0.15, 0.2) is 0 Å². The van der Waals surface area contributed by atoms with Crippen molar-refractivity contribution in [1.82, 2.24) is 9.80 Å². The fourth-order valence-electron chi connectivity index (χ4n) is 6.41. The molecule has 1 unspecified atom stereocenters. The Morgan fingerprint density at radius 1 is 1.00 bits per heavy atom. The van der Waals surface area contributed by atoms with Crippen molar-refractivity contribution in [3.05, 3.63) is 53.7 Å². The molecule has 5 nitrogen and oxygen atoms in total. The number of amidine groups is 1. The zero-order chi connectivity index (χ0) is 27.6. The Labute approximate surface area is 237 Å². The van der Waals surface area contributed by atoms with E-state index in [1.807, 2.05) is 7.05 Å². The van der Waals surface area contributed by atoms with Gasteiger partial charge in [-0.25, -0.2) is 4.99 Å². The molecule has 0 N–H and O–H groups in total. The highest BCUT2D eigenvalue weighted by atomic mass is 15.1. The fraction of sp³-hybridized carbons (Fsp3) is 0.618. The lowest BCUT2D eigenvalue weighted by molar-refractivity contribution is 0.183. The summed E-state index contributed by atoms with van der Waals surface area (Å²) in [5.41, 5.74) is 7.12. The maximum absolute atomic E-state index is 4.64. The number of rotatable bonds is 10. The molecule has 4 rings (SSSR count). The number of aryl methyl sites for hydroxylation is 1. The van der Waals surface area contributed by atoms with Crippen LogP contribution in [0.3, 0.4) is 0 Å². The highest BCUT2D eigenvalue weighted by Crippen LogP contribution is 2.35. The standard InChI is InChI=1S/C34H51N5/c1-26(2)34(36-5)37-20-25-38-21-16-29(17-22-38)7-6-28-8-10-31(11-9-28)32-14-12-30(13-15-32)27(3)39-23-18-33(35-4)19-24-39/h8-11,14,26,29-30H,3,5-7,12-13,15-25H2,1-2,4H3/b37-34-. The Balaban J connectivity index is 1.16. The molecule has 39 heavy (non-hydrogen) atoms. The third-order valence-electron chi connectivity index (χ3n) is 9.19. The SMILES string of the molecule is C=N/C(=N\CCN1CCC(CCc2ccc(C3=CCC(C(=C)N4CCC(=NC)CC4)CC3)cc2)CC1)C(C)C. The van der Waals surface area contributed by atoms with Crippen LogP contribution in [0.25, 0.3) is 5.57 Å². The summed E-state index contributed by atoms with van der Waals surface area (Å²) in [6, 6.07) is 9.46. The van der Waals surface area contributed by atoms with E-state index in [1.165, 1.54) is 73.3 Å².